The Kier molecular flexibility index (Phi) is 4.07. The van der Waals surface area contributed by atoms with Gasteiger partial charge in [0.2, 0.25) is 0 Å². The van der Waals surface area contributed by atoms with Gasteiger partial charge in [-0.1, -0.05) is 0 Å². The zero-order valence-corrected chi connectivity index (χ0v) is 10.2. The number of rotatable bonds is 6. The Labute approximate surface area is 99.2 Å². The summed E-state index contributed by atoms with van der Waals surface area (Å²) in [5.41, 5.74) is 0. The van der Waals surface area contributed by atoms with Crippen molar-refractivity contribution in [3.8, 4) is 0 Å². The Bertz CT molecular complexity index is 407. The summed E-state index contributed by atoms with van der Waals surface area (Å²) < 4.78 is 0. The fourth-order valence-corrected chi connectivity index (χ4v) is 2.28. The number of aromatic amines is 1. The van der Waals surface area contributed by atoms with Crippen molar-refractivity contribution in [1.29, 1.82) is 0 Å². The SMILES string of the molecule is Cc1ncc(CNCCCc2ncc[nH]2)s1. The topological polar surface area (TPSA) is 53.6 Å². The Balaban J connectivity index is 1.59. The molecule has 86 valence electrons. The molecule has 0 saturated heterocycles. The zero-order chi connectivity index (χ0) is 11.2. The minimum atomic E-state index is 0.920. The highest BCUT2D eigenvalue weighted by Crippen LogP contribution is 2.10. The Morgan fingerprint density at radius 2 is 2.38 bits per heavy atom. The first-order chi connectivity index (χ1) is 7.84. The molecule has 0 amide bonds. The van der Waals surface area contributed by atoms with Gasteiger partial charge in [0, 0.05) is 36.4 Å². The van der Waals surface area contributed by atoms with Crippen LogP contribution in [-0.2, 0) is 13.0 Å². The van der Waals surface area contributed by atoms with Crippen LogP contribution in [0.4, 0.5) is 0 Å². The molecule has 0 saturated carbocycles. The van der Waals surface area contributed by atoms with Gasteiger partial charge < -0.3 is 10.3 Å². The van der Waals surface area contributed by atoms with Gasteiger partial charge in [0.1, 0.15) is 5.82 Å². The van der Waals surface area contributed by atoms with E-state index in [0.717, 1.165) is 36.8 Å². The third-order valence-corrected chi connectivity index (χ3v) is 3.20. The second-order valence-electron chi connectivity index (χ2n) is 3.66. The van der Waals surface area contributed by atoms with Crippen molar-refractivity contribution in [2.45, 2.75) is 26.3 Å². The average Bonchev–Trinajstić information content (AvgIpc) is 2.89. The first kappa shape index (κ1) is 11.3. The molecule has 5 heteroatoms. The summed E-state index contributed by atoms with van der Waals surface area (Å²) in [7, 11) is 0. The van der Waals surface area contributed by atoms with E-state index in [1.165, 1.54) is 4.88 Å². The van der Waals surface area contributed by atoms with Crippen LogP contribution in [0.2, 0.25) is 0 Å². The highest BCUT2D eigenvalue weighted by atomic mass is 32.1. The predicted molar refractivity (Wildman–Crippen MR) is 65.5 cm³/mol. The van der Waals surface area contributed by atoms with E-state index in [1.807, 2.05) is 19.3 Å². The second kappa shape index (κ2) is 5.77. The summed E-state index contributed by atoms with van der Waals surface area (Å²) >= 11 is 1.75. The average molecular weight is 236 g/mol. The monoisotopic (exact) mass is 236 g/mol. The van der Waals surface area contributed by atoms with Crippen molar-refractivity contribution in [1.82, 2.24) is 20.3 Å². The van der Waals surface area contributed by atoms with Crippen molar-refractivity contribution >= 4 is 11.3 Å². The normalized spacial score (nSPS) is 10.8. The van der Waals surface area contributed by atoms with E-state index in [-0.39, 0.29) is 0 Å². The predicted octanol–water partition coefficient (Wildman–Crippen LogP) is 1.90. The smallest absolute Gasteiger partial charge is 0.106 e. The first-order valence-electron chi connectivity index (χ1n) is 5.45. The molecule has 0 atom stereocenters. The van der Waals surface area contributed by atoms with Crippen molar-refractivity contribution in [3.05, 3.63) is 34.3 Å². The number of imidazole rings is 1. The lowest BCUT2D eigenvalue weighted by molar-refractivity contribution is 0.645. The van der Waals surface area contributed by atoms with E-state index in [1.54, 1.807) is 17.5 Å². The Morgan fingerprint density at radius 3 is 3.06 bits per heavy atom. The van der Waals surface area contributed by atoms with Crippen molar-refractivity contribution < 1.29 is 0 Å². The van der Waals surface area contributed by atoms with E-state index in [0.29, 0.717) is 0 Å². The van der Waals surface area contributed by atoms with Crippen LogP contribution in [0.15, 0.2) is 18.6 Å². The van der Waals surface area contributed by atoms with E-state index in [4.69, 9.17) is 0 Å². The summed E-state index contributed by atoms with van der Waals surface area (Å²) in [6, 6.07) is 0. The number of hydrogen-bond acceptors (Lipinski definition) is 4. The number of hydrogen-bond donors (Lipinski definition) is 2. The molecular formula is C11H16N4S. The van der Waals surface area contributed by atoms with Gasteiger partial charge >= 0.3 is 0 Å². The maximum absolute atomic E-state index is 4.22. The van der Waals surface area contributed by atoms with Gasteiger partial charge in [-0.15, -0.1) is 11.3 Å². The number of nitrogens with one attached hydrogen (secondary N) is 2. The quantitative estimate of drug-likeness (QED) is 0.753. The van der Waals surface area contributed by atoms with Gasteiger partial charge in [0.05, 0.1) is 5.01 Å². The van der Waals surface area contributed by atoms with E-state index in [2.05, 4.69) is 20.3 Å². The molecule has 0 aliphatic carbocycles. The zero-order valence-electron chi connectivity index (χ0n) is 9.36. The number of H-pyrrole nitrogens is 1. The van der Waals surface area contributed by atoms with E-state index < -0.39 is 0 Å². The molecule has 0 bridgehead atoms. The van der Waals surface area contributed by atoms with Gasteiger partial charge in [-0.3, -0.25) is 0 Å². The van der Waals surface area contributed by atoms with Crippen LogP contribution < -0.4 is 5.32 Å². The standard InChI is InChI=1S/C11H16N4S/c1-9-15-8-10(16-9)7-12-4-2-3-11-13-5-6-14-11/h5-6,8,12H,2-4,7H2,1H3,(H,13,14). The molecule has 0 unspecified atom stereocenters. The van der Waals surface area contributed by atoms with Gasteiger partial charge in [0.15, 0.2) is 0 Å². The molecule has 2 rings (SSSR count). The lowest BCUT2D eigenvalue weighted by atomic mass is 10.3. The lowest BCUT2D eigenvalue weighted by Gasteiger charge is -2.01. The van der Waals surface area contributed by atoms with Crippen LogP contribution >= 0.6 is 11.3 Å². The Hall–Kier alpha value is -1.20. The number of aryl methyl sites for hydroxylation is 2. The second-order valence-corrected chi connectivity index (χ2v) is 4.98. The fraction of sp³-hybridized carbons (Fsp3) is 0.455. The molecule has 0 spiro atoms. The van der Waals surface area contributed by atoms with Crippen LogP contribution in [0, 0.1) is 6.92 Å². The van der Waals surface area contributed by atoms with Crippen LogP contribution in [0.3, 0.4) is 0 Å². The first-order valence-corrected chi connectivity index (χ1v) is 6.26. The molecule has 2 heterocycles. The van der Waals surface area contributed by atoms with Crippen LogP contribution in [0.25, 0.3) is 0 Å². The van der Waals surface area contributed by atoms with Gasteiger partial charge in [-0.25, -0.2) is 9.97 Å². The maximum Gasteiger partial charge on any atom is 0.106 e. The van der Waals surface area contributed by atoms with Gasteiger partial charge in [-0.2, -0.15) is 0 Å². The fourth-order valence-electron chi connectivity index (χ4n) is 1.51. The molecule has 0 aliphatic heterocycles. The van der Waals surface area contributed by atoms with E-state index >= 15 is 0 Å². The van der Waals surface area contributed by atoms with Crippen molar-refractivity contribution in [3.63, 3.8) is 0 Å². The molecule has 0 radical (unpaired) electrons. The summed E-state index contributed by atoms with van der Waals surface area (Å²) in [5, 5.41) is 4.54. The molecule has 16 heavy (non-hydrogen) atoms. The molecule has 4 nitrogen and oxygen atoms in total. The van der Waals surface area contributed by atoms with Gasteiger partial charge in [-0.05, 0) is 19.9 Å². The maximum atomic E-state index is 4.22. The molecule has 0 aliphatic rings. The molecule has 2 aromatic rings. The van der Waals surface area contributed by atoms with Crippen molar-refractivity contribution in [2.75, 3.05) is 6.54 Å². The number of thiazole rings is 1. The minimum absolute atomic E-state index is 0.920. The third-order valence-electron chi connectivity index (χ3n) is 2.29. The highest BCUT2D eigenvalue weighted by Gasteiger charge is 1.98. The lowest BCUT2D eigenvalue weighted by Crippen LogP contribution is -2.14. The van der Waals surface area contributed by atoms with Crippen LogP contribution in [0.1, 0.15) is 22.1 Å². The number of nitrogens with zero attached hydrogens (tertiary/aromatic N) is 2. The molecular weight excluding hydrogens is 220 g/mol. The van der Waals surface area contributed by atoms with Crippen LogP contribution in [-0.4, -0.2) is 21.5 Å². The molecule has 2 N–H and O–H groups in total. The Morgan fingerprint density at radius 1 is 1.44 bits per heavy atom. The summed E-state index contributed by atoms with van der Waals surface area (Å²) in [6.07, 6.45) is 7.71. The molecule has 0 aromatic carbocycles. The van der Waals surface area contributed by atoms with Crippen molar-refractivity contribution in [2.24, 2.45) is 0 Å². The minimum Gasteiger partial charge on any atom is -0.349 e. The summed E-state index contributed by atoms with van der Waals surface area (Å²) in [5.74, 6) is 1.07. The summed E-state index contributed by atoms with van der Waals surface area (Å²) in [6.45, 7) is 3.96. The van der Waals surface area contributed by atoms with Gasteiger partial charge in [0.25, 0.3) is 0 Å². The highest BCUT2D eigenvalue weighted by molar-refractivity contribution is 7.11. The number of aromatic nitrogens is 3. The molecule has 2 aromatic heterocycles. The van der Waals surface area contributed by atoms with E-state index in [9.17, 15) is 0 Å². The molecule has 0 fully saturated rings. The largest absolute Gasteiger partial charge is 0.349 e. The third kappa shape index (κ3) is 3.43. The van der Waals surface area contributed by atoms with Crippen LogP contribution in [0.5, 0.6) is 0 Å². The summed E-state index contributed by atoms with van der Waals surface area (Å²) in [4.78, 5) is 12.8.